The Morgan fingerprint density at radius 1 is 1.30 bits per heavy atom. The summed E-state index contributed by atoms with van der Waals surface area (Å²) in [5, 5.41) is 11.5. The summed E-state index contributed by atoms with van der Waals surface area (Å²) < 4.78 is 5.62. The fourth-order valence-electron chi connectivity index (χ4n) is 1.93. The van der Waals surface area contributed by atoms with Crippen LogP contribution in [0.2, 0.25) is 0 Å². The Labute approximate surface area is 120 Å². The minimum atomic E-state index is 0.0165. The number of nitrogens with two attached hydrogens (primary N) is 1. The first-order chi connectivity index (χ1) is 9.77. The fraction of sp³-hybridized carbons (Fsp3) is 0.600. The molecule has 20 heavy (non-hydrogen) atoms. The lowest BCUT2D eigenvalue weighted by Crippen LogP contribution is -2.15. The summed E-state index contributed by atoms with van der Waals surface area (Å²) in [6, 6.07) is 3.64. The molecule has 0 bridgehead atoms. The molecule has 1 aromatic rings. The molecule has 112 valence electrons. The van der Waals surface area contributed by atoms with Gasteiger partial charge in [-0.2, -0.15) is 0 Å². The number of rotatable bonds is 10. The molecule has 0 aliphatic carbocycles. The lowest BCUT2D eigenvalue weighted by atomic mass is 10.1. The Kier molecular flexibility index (Phi) is 8.38. The molecule has 0 aromatic carbocycles. The molecule has 0 aliphatic heterocycles. The monoisotopic (exact) mass is 279 g/mol. The van der Waals surface area contributed by atoms with Gasteiger partial charge in [-0.05, 0) is 24.1 Å². The third kappa shape index (κ3) is 6.52. The van der Waals surface area contributed by atoms with Gasteiger partial charge in [0.2, 0.25) is 0 Å². The van der Waals surface area contributed by atoms with Gasteiger partial charge in [0.05, 0.1) is 6.61 Å². The zero-order valence-electron chi connectivity index (χ0n) is 12.2. The van der Waals surface area contributed by atoms with E-state index in [9.17, 15) is 0 Å². The predicted molar refractivity (Wildman–Crippen MR) is 79.8 cm³/mol. The first kappa shape index (κ1) is 16.4. The van der Waals surface area contributed by atoms with Crippen molar-refractivity contribution in [3.05, 3.63) is 29.6 Å². The molecule has 0 spiro atoms. The van der Waals surface area contributed by atoms with E-state index >= 15 is 0 Å². The van der Waals surface area contributed by atoms with Crippen LogP contribution in [0.4, 0.5) is 0 Å². The molecule has 1 aromatic heterocycles. The van der Waals surface area contributed by atoms with Crippen LogP contribution in [0.3, 0.4) is 0 Å². The highest BCUT2D eigenvalue weighted by Crippen LogP contribution is 2.07. The number of unbranched alkanes of at least 4 members (excludes halogenated alkanes) is 5. The molecule has 5 nitrogen and oxygen atoms in total. The zero-order valence-corrected chi connectivity index (χ0v) is 12.2. The van der Waals surface area contributed by atoms with Gasteiger partial charge in [-0.3, -0.25) is 4.98 Å². The minimum Gasteiger partial charge on any atom is -0.409 e. The van der Waals surface area contributed by atoms with E-state index in [0.717, 1.165) is 18.6 Å². The van der Waals surface area contributed by atoms with Crippen LogP contribution in [0, 0.1) is 0 Å². The van der Waals surface area contributed by atoms with Gasteiger partial charge in [0.1, 0.15) is 5.69 Å². The number of hydrogen-bond acceptors (Lipinski definition) is 4. The Bertz CT molecular complexity index is 408. The highest BCUT2D eigenvalue weighted by atomic mass is 16.5. The van der Waals surface area contributed by atoms with Crippen LogP contribution in [0.25, 0.3) is 0 Å². The molecule has 1 rings (SSSR count). The molecule has 0 aliphatic rings. The lowest BCUT2D eigenvalue weighted by Gasteiger charge is -2.06. The number of aromatic nitrogens is 1. The molecule has 0 amide bonds. The van der Waals surface area contributed by atoms with Crippen molar-refractivity contribution in [2.75, 3.05) is 6.61 Å². The van der Waals surface area contributed by atoms with E-state index in [0.29, 0.717) is 12.3 Å². The molecule has 0 fully saturated rings. The van der Waals surface area contributed by atoms with Crippen molar-refractivity contribution >= 4 is 5.84 Å². The van der Waals surface area contributed by atoms with E-state index in [-0.39, 0.29) is 5.84 Å². The quantitative estimate of drug-likeness (QED) is 0.227. The Morgan fingerprint density at radius 3 is 2.80 bits per heavy atom. The summed E-state index contributed by atoms with van der Waals surface area (Å²) in [4.78, 5) is 4.03. The van der Waals surface area contributed by atoms with E-state index in [1.54, 1.807) is 12.3 Å². The van der Waals surface area contributed by atoms with Crippen LogP contribution < -0.4 is 5.73 Å². The molecule has 0 saturated heterocycles. The molecule has 0 unspecified atom stereocenters. The maximum Gasteiger partial charge on any atom is 0.188 e. The normalized spacial score (nSPS) is 11.8. The summed E-state index contributed by atoms with van der Waals surface area (Å²) >= 11 is 0. The van der Waals surface area contributed by atoms with Gasteiger partial charge in [-0.15, -0.1) is 0 Å². The first-order valence-corrected chi connectivity index (χ1v) is 7.28. The maximum absolute atomic E-state index is 8.61. The number of nitrogens with zero attached hydrogens (tertiary/aromatic N) is 2. The van der Waals surface area contributed by atoms with Gasteiger partial charge in [0.25, 0.3) is 0 Å². The Morgan fingerprint density at radius 2 is 2.05 bits per heavy atom. The van der Waals surface area contributed by atoms with Crippen LogP contribution in [0.5, 0.6) is 0 Å². The molecule has 1 heterocycles. The van der Waals surface area contributed by atoms with Crippen molar-refractivity contribution in [1.82, 2.24) is 4.98 Å². The van der Waals surface area contributed by atoms with E-state index in [1.807, 2.05) is 6.07 Å². The molecular weight excluding hydrogens is 254 g/mol. The number of pyridine rings is 1. The van der Waals surface area contributed by atoms with Crippen molar-refractivity contribution in [2.45, 2.75) is 52.1 Å². The number of amidine groups is 1. The van der Waals surface area contributed by atoms with Gasteiger partial charge in [0.15, 0.2) is 5.84 Å². The molecule has 5 heteroatoms. The van der Waals surface area contributed by atoms with Crippen LogP contribution in [0.1, 0.15) is 56.7 Å². The maximum atomic E-state index is 8.61. The third-order valence-electron chi connectivity index (χ3n) is 3.11. The van der Waals surface area contributed by atoms with E-state index in [2.05, 4.69) is 17.1 Å². The van der Waals surface area contributed by atoms with E-state index in [4.69, 9.17) is 15.7 Å². The predicted octanol–water partition coefficient (Wildman–Crippen LogP) is 3.05. The molecule has 0 atom stereocenters. The minimum absolute atomic E-state index is 0.0165. The number of oxime groups is 1. The number of ether oxygens (including phenoxy) is 1. The van der Waals surface area contributed by atoms with Gasteiger partial charge < -0.3 is 15.7 Å². The summed E-state index contributed by atoms with van der Waals surface area (Å²) in [7, 11) is 0. The highest BCUT2D eigenvalue weighted by molar-refractivity contribution is 5.95. The largest absolute Gasteiger partial charge is 0.409 e. The summed E-state index contributed by atoms with van der Waals surface area (Å²) in [6.07, 6.45) is 9.18. The summed E-state index contributed by atoms with van der Waals surface area (Å²) in [5.41, 5.74) is 6.94. The average molecular weight is 279 g/mol. The molecule has 0 radical (unpaired) electrons. The zero-order chi connectivity index (χ0) is 14.6. The van der Waals surface area contributed by atoms with Crippen molar-refractivity contribution in [1.29, 1.82) is 0 Å². The van der Waals surface area contributed by atoms with Crippen molar-refractivity contribution < 1.29 is 9.94 Å². The fourth-order valence-corrected chi connectivity index (χ4v) is 1.93. The second-order valence-electron chi connectivity index (χ2n) is 4.85. The molecule has 0 saturated carbocycles. The second-order valence-corrected chi connectivity index (χ2v) is 4.85. The van der Waals surface area contributed by atoms with Crippen molar-refractivity contribution in [2.24, 2.45) is 10.9 Å². The van der Waals surface area contributed by atoms with Gasteiger partial charge in [-0.1, -0.05) is 44.2 Å². The Balaban J connectivity index is 2.19. The highest BCUT2D eigenvalue weighted by Gasteiger charge is 2.02. The van der Waals surface area contributed by atoms with Crippen LogP contribution in [0.15, 0.2) is 23.5 Å². The van der Waals surface area contributed by atoms with E-state index < -0.39 is 0 Å². The standard InChI is InChI=1S/C15H25N3O2/c1-2-3-4-5-6-7-10-20-12-13-8-9-17-14(11-13)15(16)18-19/h8-9,11,19H,2-7,10,12H2,1H3,(H2,16,18). The van der Waals surface area contributed by atoms with Crippen LogP contribution in [-0.2, 0) is 11.3 Å². The SMILES string of the molecule is CCCCCCCCOCc1ccnc(C(N)=NO)c1. The lowest BCUT2D eigenvalue weighted by molar-refractivity contribution is 0.116. The van der Waals surface area contributed by atoms with Crippen LogP contribution >= 0.6 is 0 Å². The smallest absolute Gasteiger partial charge is 0.188 e. The first-order valence-electron chi connectivity index (χ1n) is 7.28. The van der Waals surface area contributed by atoms with Crippen molar-refractivity contribution in [3.63, 3.8) is 0 Å². The molecule has 3 N–H and O–H groups in total. The van der Waals surface area contributed by atoms with E-state index in [1.165, 1.54) is 32.1 Å². The van der Waals surface area contributed by atoms with Gasteiger partial charge in [0, 0.05) is 12.8 Å². The second kappa shape index (κ2) is 10.2. The summed E-state index contributed by atoms with van der Waals surface area (Å²) in [5.74, 6) is 0.0165. The van der Waals surface area contributed by atoms with Gasteiger partial charge in [-0.25, -0.2) is 0 Å². The molecular formula is C15H25N3O2. The third-order valence-corrected chi connectivity index (χ3v) is 3.11. The number of hydrogen-bond donors (Lipinski definition) is 2. The van der Waals surface area contributed by atoms with Gasteiger partial charge >= 0.3 is 0 Å². The van der Waals surface area contributed by atoms with Crippen molar-refractivity contribution in [3.8, 4) is 0 Å². The topological polar surface area (TPSA) is 80.7 Å². The van der Waals surface area contributed by atoms with Crippen LogP contribution in [-0.4, -0.2) is 22.6 Å². The average Bonchev–Trinajstić information content (AvgIpc) is 2.49. The Hall–Kier alpha value is -1.62. The summed E-state index contributed by atoms with van der Waals surface area (Å²) in [6.45, 7) is 3.52.